The predicted molar refractivity (Wildman–Crippen MR) is 85.8 cm³/mol. The largest absolute Gasteiger partial charge is 0.293 e. The molecule has 0 N–H and O–H groups in total. The molecule has 0 bridgehead atoms. The molecule has 20 heavy (non-hydrogen) atoms. The van der Waals surface area contributed by atoms with E-state index in [0.717, 1.165) is 22.2 Å². The fraction of sp³-hybridized carbons (Fsp3) is 0.312. The first-order chi connectivity index (χ1) is 9.66. The molecule has 1 fully saturated rings. The zero-order chi connectivity index (χ0) is 13.9. The van der Waals surface area contributed by atoms with Crippen LogP contribution in [0.2, 0.25) is 4.34 Å². The third kappa shape index (κ3) is 1.91. The number of ketones is 1. The molecule has 0 saturated heterocycles. The van der Waals surface area contributed by atoms with Crippen molar-refractivity contribution in [3.63, 3.8) is 0 Å². The van der Waals surface area contributed by atoms with Gasteiger partial charge in [-0.2, -0.15) is 0 Å². The Labute approximate surface area is 135 Å². The van der Waals surface area contributed by atoms with E-state index < -0.39 is 0 Å². The second-order valence-corrected chi connectivity index (χ2v) is 8.06. The summed E-state index contributed by atoms with van der Waals surface area (Å²) in [6.45, 7) is 0. The highest BCUT2D eigenvalue weighted by molar-refractivity contribution is 9.10. The zero-order valence-corrected chi connectivity index (χ0v) is 13.8. The van der Waals surface area contributed by atoms with Crippen LogP contribution in [0, 0.1) is 11.8 Å². The summed E-state index contributed by atoms with van der Waals surface area (Å²) in [6.07, 6.45) is 2.24. The van der Waals surface area contributed by atoms with Crippen molar-refractivity contribution in [3.8, 4) is 0 Å². The molecule has 4 rings (SSSR count). The van der Waals surface area contributed by atoms with E-state index in [9.17, 15) is 4.79 Å². The van der Waals surface area contributed by atoms with Gasteiger partial charge in [-0.1, -0.05) is 35.9 Å². The lowest BCUT2D eigenvalue weighted by atomic mass is 9.92. The molecule has 1 aromatic carbocycles. The second-order valence-electron chi connectivity index (χ2n) is 5.55. The fourth-order valence-corrected chi connectivity index (χ4v) is 5.25. The number of fused-ring (bicyclic) bond motifs is 3. The van der Waals surface area contributed by atoms with Crippen LogP contribution in [0.3, 0.4) is 0 Å². The highest BCUT2D eigenvalue weighted by atomic mass is 79.9. The fourth-order valence-electron chi connectivity index (χ4n) is 3.56. The normalized spacial score (nSPS) is 26.8. The molecule has 0 amide bonds. The number of carbonyl (C=O) groups excluding carboxylic acids is 1. The Hall–Kier alpha value is -0.640. The molecule has 1 heterocycles. The summed E-state index contributed by atoms with van der Waals surface area (Å²) in [5.41, 5.74) is 2.82. The van der Waals surface area contributed by atoms with Crippen molar-refractivity contribution in [2.24, 2.45) is 11.8 Å². The van der Waals surface area contributed by atoms with Crippen LogP contribution in [0.15, 0.2) is 34.8 Å². The lowest BCUT2D eigenvalue weighted by molar-refractivity contribution is 0.0963. The van der Waals surface area contributed by atoms with Crippen molar-refractivity contribution < 1.29 is 4.79 Å². The SMILES string of the molecule is O=C(c1cc(Br)c(Cl)s1)C1C2CCc3ccccc3C21. The third-order valence-electron chi connectivity index (χ3n) is 4.52. The molecule has 1 aromatic heterocycles. The summed E-state index contributed by atoms with van der Waals surface area (Å²) in [5.74, 6) is 1.42. The van der Waals surface area contributed by atoms with Crippen molar-refractivity contribution in [1.82, 2.24) is 0 Å². The minimum atomic E-state index is 0.167. The van der Waals surface area contributed by atoms with Crippen molar-refractivity contribution in [3.05, 3.63) is 55.1 Å². The highest BCUT2D eigenvalue weighted by Gasteiger charge is 2.57. The zero-order valence-electron chi connectivity index (χ0n) is 10.6. The lowest BCUT2D eigenvalue weighted by Gasteiger charge is -2.13. The van der Waals surface area contributed by atoms with E-state index in [2.05, 4.69) is 40.2 Å². The van der Waals surface area contributed by atoms with Crippen LogP contribution in [-0.2, 0) is 6.42 Å². The minimum Gasteiger partial charge on any atom is -0.293 e. The van der Waals surface area contributed by atoms with Crippen LogP contribution in [0.4, 0.5) is 0 Å². The maximum absolute atomic E-state index is 12.7. The van der Waals surface area contributed by atoms with Crippen LogP contribution >= 0.6 is 38.9 Å². The van der Waals surface area contributed by atoms with Gasteiger partial charge in [-0.3, -0.25) is 4.79 Å². The van der Waals surface area contributed by atoms with E-state index in [-0.39, 0.29) is 11.7 Å². The van der Waals surface area contributed by atoms with Crippen molar-refractivity contribution >= 4 is 44.7 Å². The van der Waals surface area contributed by atoms with Gasteiger partial charge in [0.25, 0.3) is 0 Å². The van der Waals surface area contributed by atoms with E-state index in [4.69, 9.17) is 11.6 Å². The Morgan fingerprint density at radius 3 is 2.90 bits per heavy atom. The first-order valence-corrected chi connectivity index (χ1v) is 8.72. The standard InChI is InChI=1S/C16H12BrClOS/c17-11-7-12(20-16(11)18)15(19)14-10-6-5-8-3-1-2-4-9(8)13(10)14/h1-4,7,10,13-14H,5-6H2. The average Bonchev–Trinajstić information content (AvgIpc) is 3.11. The molecule has 3 atom stereocenters. The van der Waals surface area contributed by atoms with Crippen LogP contribution in [0.25, 0.3) is 0 Å². The van der Waals surface area contributed by atoms with E-state index in [1.807, 2.05) is 6.07 Å². The number of hydrogen-bond acceptors (Lipinski definition) is 2. The van der Waals surface area contributed by atoms with Crippen LogP contribution in [-0.4, -0.2) is 5.78 Å². The second kappa shape index (κ2) is 4.69. The molecule has 4 heteroatoms. The number of benzene rings is 1. The van der Waals surface area contributed by atoms with Gasteiger partial charge in [0.05, 0.1) is 4.88 Å². The molecule has 102 valence electrons. The molecule has 2 aromatic rings. The molecular formula is C16H12BrClOS. The summed E-state index contributed by atoms with van der Waals surface area (Å²) < 4.78 is 1.49. The molecule has 3 unspecified atom stereocenters. The molecule has 0 spiro atoms. The number of thiophene rings is 1. The van der Waals surface area contributed by atoms with Gasteiger partial charge in [0.1, 0.15) is 4.34 Å². The predicted octanol–water partition coefficient (Wildman–Crippen LogP) is 5.32. The number of Topliss-reactive ketones (excluding diaryl/α,β-unsaturated/α-hetero) is 1. The minimum absolute atomic E-state index is 0.167. The monoisotopic (exact) mass is 366 g/mol. The summed E-state index contributed by atoms with van der Waals surface area (Å²) in [7, 11) is 0. The van der Waals surface area contributed by atoms with Gasteiger partial charge < -0.3 is 0 Å². The van der Waals surface area contributed by atoms with Crippen molar-refractivity contribution in [2.75, 3.05) is 0 Å². The molecule has 0 aliphatic heterocycles. The first-order valence-electron chi connectivity index (χ1n) is 6.73. The molecule has 1 saturated carbocycles. The highest BCUT2D eigenvalue weighted by Crippen LogP contribution is 2.61. The topological polar surface area (TPSA) is 17.1 Å². The van der Waals surface area contributed by atoms with E-state index in [0.29, 0.717) is 16.2 Å². The van der Waals surface area contributed by atoms with E-state index >= 15 is 0 Å². The average molecular weight is 368 g/mol. The number of halogens is 2. The quantitative estimate of drug-likeness (QED) is 0.656. The maximum Gasteiger partial charge on any atom is 0.176 e. The number of carbonyl (C=O) groups is 1. The Morgan fingerprint density at radius 1 is 1.35 bits per heavy atom. The van der Waals surface area contributed by atoms with Gasteiger partial charge in [-0.05, 0) is 57.8 Å². The van der Waals surface area contributed by atoms with Gasteiger partial charge in [0.2, 0.25) is 0 Å². The summed E-state index contributed by atoms with van der Waals surface area (Å²) in [4.78, 5) is 13.5. The van der Waals surface area contributed by atoms with Gasteiger partial charge in [0.15, 0.2) is 5.78 Å². The molecule has 1 nitrogen and oxygen atoms in total. The van der Waals surface area contributed by atoms with Crippen molar-refractivity contribution in [2.45, 2.75) is 18.8 Å². The van der Waals surface area contributed by atoms with E-state index in [1.165, 1.54) is 22.5 Å². The summed E-state index contributed by atoms with van der Waals surface area (Å²) >= 11 is 10.8. The van der Waals surface area contributed by atoms with Crippen LogP contribution < -0.4 is 0 Å². The van der Waals surface area contributed by atoms with Gasteiger partial charge in [-0.15, -0.1) is 11.3 Å². The lowest BCUT2D eigenvalue weighted by Crippen LogP contribution is -2.01. The Balaban J connectivity index is 1.65. The van der Waals surface area contributed by atoms with Crippen LogP contribution in [0.5, 0.6) is 0 Å². The summed E-state index contributed by atoms with van der Waals surface area (Å²) in [5, 5.41) is 0. The molecular weight excluding hydrogens is 356 g/mol. The Bertz CT molecular complexity index is 689. The number of rotatable bonds is 2. The van der Waals surface area contributed by atoms with E-state index in [1.54, 1.807) is 0 Å². The van der Waals surface area contributed by atoms with Crippen LogP contribution in [0.1, 0.15) is 33.1 Å². The third-order valence-corrected chi connectivity index (χ3v) is 7.01. The van der Waals surface area contributed by atoms with Crippen molar-refractivity contribution in [1.29, 1.82) is 0 Å². The molecule has 2 aliphatic rings. The molecule has 0 radical (unpaired) electrons. The van der Waals surface area contributed by atoms with Gasteiger partial charge in [-0.25, -0.2) is 0 Å². The number of aryl methyl sites for hydroxylation is 1. The van der Waals surface area contributed by atoms with Gasteiger partial charge in [0, 0.05) is 10.4 Å². The maximum atomic E-state index is 12.7. The van der Waals surface area contributed by atoms with Gasteiger partial charge >= 0.3 is 0 Å². The Morgan fingerprint density at radius 2 is 2.15 bits per heavy atom. The molecule has 2 aliphatic carbocycles. The Kier molecular flexibility index (Phi) is 3.06. The first kappa shape index (κ1) is 13.1. The smallest absolute Gasteiger partial charge is 0.176 e. The summed E-state index contributed by atoms with van der Waals surface area (Å²) in [6, 6.07) is 10.4. The number of hydrogen-bond donors (Lipinski definition) is 0.